The molecule has 1 spiro atoms. The van der Waals surface area contributed by atoms with Crippen LogP contribution in [0.2, 0.25) is 0 Å². The molecule has 0 amide bonds. The number of methoxy groups -OCH3 is 1. The monoisotopic (exact) mass is 390 g/mol. The van der Waals surface area contributed by atoms with Crippen molar-refractivity contribution in [3.05, 3.63) is 59.7 Å². The van der Waals surface area contributed by atoms with Crippen LogP contribution in [0.15, 0.2) is 42.9 Å². The van der Waals surface area contributed by atoms with E-state index in [9.17, 15) is 0 Å². The maximum Gasteiger partial charge on any atom is 0.220 e. The molecule has 3 aromatic rings. The van der Waals surface area contributed by atoms with Crippen molar-refractivity contribution in [2.75, 3.05) is 25.9 Å². The van der Waals surface area contributed by atoms with Gasteiger partial charge in [-0.1, -0.05) is 12.1 Å². The molecule has 1 saturated heterocycles. The fraction of sp³-hybridized carbons (Fsp3) is 0.409. The number of anilines is 1. The number of benzene rings is 1. The average molecular weight is 390 g/mol. The minimum absolute atomic E-state index is 0.114. The van der Waals surface area contributed by atoms with Crippen molar-refractivity contribution < 1.29 is 4.74 Å². The third-order valence-corrected chi connectivity index (χ3v) is 6.29. The molecule has 150 valence electrons. The molecule has 0 bridgehead atoms. The molecule has 3 heterocycles. The molecule has 1 aliphatic heterocycles. The molecule has 0 radical (unpaired) electrons. The van der Waals surface area contributed by atoms with Crippen LogP contribution < -0.4 is 10.5 Å². The first-order valence-electron chi connectivity index (χ1n) is 10.2. The van der Waals surface area contributed by atoms with E-state index in [0.717, 1.165) is 43.9 Å². The molecule has 1 fully saturated rings. The van der Waals surface area contributed by atoms with Crippen molar-refractivity contribution in [1.29, 1.82) is 0 Å². The second-order valence-electron chi connectivity index (χ2n) is 8.16. The number of nitrogen functional groups attached to an aromatic ring is 1. The first-order valence-corrected chi connectivity index (χ1v) is 10.2. The van der Waals surface area contributed by atoms with Gasteiger partial charge in [0, 0.05) is 36.5 Å². The molecule has 1 aromatic carbocycles. The summed E-state index contributed by atoms with van der Waals surface area (Å²) in [6.45, 7) is 2.99. The average Bonchev–Trinajstić information content (AvgIpc) is 3.33. The Kier molecular flexibility index (Phi) is 4.47. The minimum atomic E-state index is 0.114. The van der Waals surface area contributed by atoms with Gasteiger partial charge in [-0.05, 0) is 49.9 Å². The second-order valence-corrected chi connectivity index (χ2v) is 8.16. The van der Waals surface area contributed by atoms with Gasteiger partial charge in [-0.25, -0.2) is 14.6 Å². The van der Waals surface area contributed by atoms with Gasteiger partial charge in [-0.3, -0.25) is 4.90 Å². The first-order chi connectivity index (χ1) is 14.2. The van der Waals surface area contributed by atoms with E-state index in [0.29, 0.717) is 5.95 Å². The Labute approximate surface area is 170 Å². The zero-order valence-electron chi connectivity index (χ0n) is 16.7. The lowest BCUT2D eigenvalue weighted by molar-refractivity contribution is 0.137. The number of para-hydroxylation sites is 2. The van der Waals surface area contributed by atoms with Gasteiger partial charge in [0.25, 0.3) is 0 Å². The van der Waals surface area contributed by atoms with Crippen LogP contribution in [-0.2, 0) is 18.4 Å². The standard InChI is InChI=1S/C22H26N6O/c1-29-19-6-3-2-5-18(19)28-14-16(11-25-28)13-27-10-4-8-22(15-27)9-7-17-12-24-21(23)26-20(17)22/h2-3,5-6,11-12,14H,4,7-10,13,15H2,1H3,(H2,23,24,26). The van der Waals surface area contributed by atoms with Crippen LogP contribution in [0.25, 0.3) is 5.69 Å². The van der Waals surface area contributed by atoms with Crippen LogP contribution >= 0.6 is 0 Å². The number of nitrogens with zero attached hydrogens (tertiary/aromatic N) is 5. The Hall–Kier alpha value is -2.93. The molecule has 5 rings (SSSR count). The first kappa shape index (κ1) is 18.1. The highest BCUT2D eigenvalue weighted by Crippen LogP contribution is 2.44. The molecule has 1 aliphatic carbocycles. The predicted octanol–water partition coefficient (Wildman–Crippen LogP) is 2.73. The van der Waals surface area contributed by atoms with Gasteiger partial charge in [0.2, 0.25) is 5.95 Å². The van der Waals surface area contributed by atoms with E-state index in [2.05, 4.69) is 26.2 Å². The topological polar surface area (TPSA) is 82.1 Å². The highest BCUT2D eigenvalue weighted by molar-refractivity contribution is 5.46. The normalized spacial score (nSPS) is 21.4. The van der Waals surface area contributed by atoms with Crippen LogP contribution in [0.3, 0.4) is 0 Å². The molecule has 1 atom stereocenters. The SMILES string of the molecule is COc1ccccc1-n1cc(CN2CCCC3(CCc4cnc(N)nc43)C2)cn1. The summed E-state index contributed by atoms with van der Waals surface area (Å²) in [5.74, 6) is 1.21. The maximum atomic E-state index is 5.90. The van der Waals surface area contributed by atoms with Crippen LogP contribution in [0.5, 0.6) is 5.75 Å². The number of likely N-dealkylation sites (tertiary alicyclic amines) is 1. The van der Waals surface area contributed by atoms with Crippen molar-refractivity contribution in [2.24, 2.45) is 0 Å². The summed E-state index contributed by atoms with van der Waals surface area (Å²) in [6, 6.07) is 7.94. The molecule has 7 heteroatoms. The quantitative estimate of drug-likeness (QED) is 0.738. The van der Waals surface area contributed by atoms with Crippen LogP contribution in [-0.4, -0.2) is 44.8 Å². The Morgan fingerprint density at radius 3 is 3.00 bits per heavy atom. The molecule has 2 aromatic heterocycles. The van der Waals surface area contributed by atoms with Crippen LogP contribution in [0, 0.1) is 0 Å². The molecule has 2 aliphatic rings. The number of piperidine rings is 1. The number of fused-ring (bicyclic) bond motifs is 2. The van der Waals surface area contributed by atoms with Gasteiger partial charge in [-0.2, -0.15) is 5.10 Å². The van der Waals surface area contributed by atoms with Crippen molar-refractivity contribution in [1.82, 2.24) is 24.6 Å². The third kappa shape index (κ3) is 3.25. The molecular formula is C22H26N6O. The van der Waals surface area contributed by atoms with Crippen LogP contribution in [0.4, 0.5) is 5.95 Å². The van der Waals surface area contributed by atoms with Crippen molar-refractivity contribution in [2.45, 2.75) is 37.6 Å². The number of ether oxygens (including phenoxy) is 1. The fourth-order valence-electron chi connectivity index (χ4n) is 4.97. The molecule has 7 nitrogen and oxygen atoms in total. The van der Waals surface area contributed by atoms with Gasteiger partial charge in [-0.15, -0.1) is 0 Å². The van der Waals surface area contributed by atoms with E-state index in [1.165, 1.54) is 29.7 Å². The van der Waals surface area contributed by atoms with Crippen LogP contribution in [0.1, 0.15) is 36.1 Å². The largest absolute Gasteiger partial charge is 0.494 e. The summed E-state index contributed by atoms with van der Waals surface area (Å²) in [5, 5.41) is 4.57. The van der Waals surface area contributed by atoms with Crippen molar-refractivity contribution in [3.8, 4) is 11.4 Å². The molecule has 1 unspecified atom stereocenters. The van der Waals surface area contributed by atoms with E-state index in [4.69, 9.17) is 10.5 Å². The van der Waals surface area contributed by atoms with Gasteiger partial charge in [0.05, 0.1) is 19.0 Å². The summed E-state index contributed by atoms with van der Waals surface area (Å²) >= 11 is 0. The molecule has 2 N–H and O–H groups in total. The highest BCUT2D eigenvalue weighted by atomic mass is 16.5. The van der Waals surface area contributed by atoms with E-state index >= 15 is 0 Å². The Morgan fingerprint density at radius 2 is 2.10 bits per heavy atom. The van der Waals surface area contributed by atoms with Gasteiger partial charge in [0.1, 0.15) is 11.4 Å². The van der Waals surface area contributed by atoms with E-state index in [-0.39, 0.29) is 5.41 Å². The zero-order valence-corrected chi connectivity index (χ0v) is 16.7. The summed E-state index contributed by atoms with van der Waals surface area (Å²) in [5.41, 5.74) is 10.6. The van der Waals surface area contributed by atoms with Gasteiger partial charge >= 0.3 is 0 Å². The zero-order chi connectivity index (χ0) is 19.8. The Bertz CT molecular complexity index is 1030. The second kappa shape index (κ2) is 7.15. The number of hydrogen-bond acceptors (Lipinski definition) is 6. The smallest absolute Gasteiger partial charge is 0.220 e. The van der Waals surface area contributed by atoms with E-state index in [1.54, 1.807) is 7.11 Å². The summed E-state index contributed by atoms with van der Waals surface area (Å²) in [7, 11) is 1.69. The maximum absolute atomic E-state index is 5.90. The van der Waals surface area contributed by atoms with Gasteiger partial charge in [0.15, 0.2) is 0 Å². The highest BCUT2D eigenvalue weighted by Gasteiger charge is 2.43. The van der Waals surface area contributed by atoms with E-state index in [1.807, 2.05) is 41.3 Å². The lowest BCUT2D eigenvalue weighted by Gasteiger charge is -2.40. The number of aromatic nitrogens is 4. The third-order valence-electron chi connectivity index (χ3n) is 6.29. The molecule has 29 heavy (non-hydrogen) atoms. The Balaban J connectivity index is 1.35. The number of nitrogens with two attached hydrogens (primary N) is 1. The summed E-state index contributed by atoms with van der Waals surface area (Å²) in [4.78, 5) is 11.4. The predicted molar refractivity (Wildman–Crippen MR) is 111 cm³/mol. The number of rotatable bonds is 4. The lowest BCUT2D eigenvalue weighted by atomic mass is 9.77. The summed E-state index contributed by atoms with van der Waals surface area (Å²) in [6.07, 6.45) is 10.5. The Morgan fingerprint density at radius 1 is 1.21 bits per heavy atom. The van der Waals surface area contributed by atoms with Gasteiger partial charge < -0.3 is 10.5 Å². The summed E-state index contributed by atoms with van der Waals surface area (Å²) < 4.78 is 7.37. The lowest BCUT2D eigenvalue weighted by Crippen LogP contribution is -2.45. The van der Waals surface area contributed by atoms with Crippen molar-refractivity contribution in [3.63, 3.8) is 0 Å². The minimum Gasteiger partial charge on any atom is -0.494 e. The molecular weight excluding hydrogens is 364 g/mol. The fourth-order valence-corrected chi connectivity index (χ4v) is 4.97. The van der Waals surface area contributed by atoms with E-state index < -0.39 is 0 Å². The van der Waals surface area contributed by atoms with Crippen molar-refractivity contribution >= 4 is 5.95 Å². The number of aryl methyl sites for hydroxylation is 1. The molecule has 0 saturated carbocycles. The number of hydrogen-bond donors (Lipinski definition) is 1.